The third-order valence-electron chi connectivity index (χ3n) is 5.90. The van der Waals surface area contributed by atoms with Gasteiger partial charge in [-0.15, -0.1) is 0 Å². The minimum absolute atomic E-state index is 0.0415. The first kappa shape index (κ1) is 20.1. The van der Waals surface area contributed by atoms with E-state index < -0.39 is 0 Å². The summed E-state index contributed by atoms with van der Waals surface area (Å²) >= 11 is 0. The number of aromatic nitrogens is 2. The van der Waals surface area contributed by atoms with Crippen LogP contribution in [0, 0.1) is 12.8 Å². The van der Waals surface area contributed by atoms with Crippen molar-refractivity contribution in [1.29, 1.82) is 0 Å². The number of nitrogens with zero attached hydrogens (tertiary/aromatic N) is 3. The second-order valence-electron chi connectivity index (χ2n) is 8.04. The Hall–Kier alpha value is -3.81. The molecule has 0 atom stereocenters. The van der Waals surface area contributed by atoms with Gasteiger partial charge in [0.25, 0.3) is 5.91 Å². The number of amides is 2. The van der Waals surface area contributed by atoms with E-state index in [1.54, 1.807) is 27.8 Å². The summed E-state index contributed by atoms with van der Waals surface area (Å²) < 4.78 is 12.4. The summed E-state index contributed by atoms with van der Waals surface area (Å²) in [5, 5.41) is 7.47. The first-order valence-electron chi connectivity index (χ1n) is 10.7. The lowest BCUT2D eigenvalue weighted by Gasteiger charge is -2.30. The van der Waals surface area contributed by atoms with Crippen LogP contribution < -0.4 is 14.8 Å². The van der Waals surface area contributed by atoms with Gasteiger partial charge in [-0.2, -0.15) is 5.10 Å². The van der Waals surface area contributed by atoms with Gasteiger partial charge in [-0.3, -0.25) is 9.59 Å². The fourth-order valence-electron chi connectivity index (χ4n) is 4.13. The topological polar surface area (TPSA) is 85.7 Å². The van der Waals surface area contributed by atoms with Crippen LogP contribution in [-0.4, -0.2) is 46.4 Å². The number of ether oxygens (including phenoxy) is 2. The van der Waals surface area contributed by atoms with Gasteiger partial charge >= 0.3 is 0 Å². The Balaban J connectivity index is 1.19. The molecule has 8 nitrogen and oxygen atoms in total. The Morgan fingerprint density at radius 3 is 2.53 bits per heavy atom. The monoisotopic (exact) mass is 432 g/mol. The van der Waals surface area contributed by atoms with E-state index in [2.05, 4.69) is 10.4 Å². The standard InChI is InChI=1S/C24H24N4O4/c1-16-13-20(26-28(16)19-5-3-2-4-6-19)24(30)27-11-9-17(10-12-27)23(29)25-18-7-8-21-22(14-18)32-15-31-21/h2-8,13-14,17H,9-12,15H2,1H3,(H,25,29). The average Bonchev–Trinajstić information content (AvgIpc) is 3.45. The molecule has 1 saturated heterocycles. The quantitative estimate of drug-likeness (QED) is 0.683. The lowest BCUT2D eigenvalue weighted by Crippen LogP contribution is -2.41. The summed E-state index contributed by atoms with van der Waals surface area (Å²) in [4.78, 5) is 27.5. The smallest absolute Gasteiger partial charge is 0.274 e. The van der Waals surface area contributed by atoms with Crippen molar-refractivity contribution < 1.29 is 19.1 Å². The molecular weight excluding hydrogens is 408 g/mol. The third-order valence-corrected chi connectivity index (χ3v) is 5.90. The number of hydrogen-bond donors (Lipinski definition) is 1. The summed E-state index contributed by atoms with van der Waals surface area (Å²) in [5.74, 6) is 1.03. The fourth-order valence-corrected chi connectivity index (χ4v) is 4.13. The van der Waals surface area contributed by atoms with Crippen LogP contribution >= 0.6 is 0 Å². The summed E-state index contributed by atoms with van der Waals surface area (Å²) in [7, 11) is 0. The van der Waals surface area contributed by atoms with E-state index >= 15 is 0 Å². The van der Waals surface area contributed by atoms with E-state index in [4.69, 9.17) is 9.47 Å². The van der Waals surface area contributed by atoms with Crippen LogP contribution in [0.15, 0.2) is 54.6 Å². The maximum atomic E-state index is 13.0. The second-order valence-corrected chi connectivity index (χ2v) is 8.04. The number of rotatable bonds is 4. The van der Waals surface area contributed by atoms with Crippen LogP contribution in [0.3, 0.4) is 0 Å². The third kappa shape index (κ3) is 3.91. The zero-order valence-electron chi connectivity index (χ0n) is 17.8. The number of aryl methyl sites for hydroxylation is 1. The number of carbonyl (C=O) groups is 2. The zero-order valence-corrected chi connectivity index (χ0v) is 17.8. The molecule has 1 N–H and O–H groups in total. The highest BCUT2D eigenvalue weighted by atomic mass is 16.7. The van der Waals surface area contributed by atoms with Crippen molar-refractivity contribution >= 4 is 17.5 Å². The van der Waals surface area contributed by atoms with Gasteiger partial charge in [0.15, 0.2) is 17.2 Å². The van der Waals surface area contributed by atoms with E-state index in [1.165, 1.54) is 0 Å². The summed E-state index contributed by atoms with van der Waals surface area (Å²) in [6.45, 7) is 3.18. The van der Waals surface area contributed by atoms with Crippen molar-refractivity contribution in [2.45, 2.75) is 19.8 Å². The van der Waals surface area contributed by atoms with Crippen molar-refractivity contribution in [3.05, 3.63) is 66.0 Å². The highest BCUT2D eigenvalue weighted by molar-refractivity contribution is 5.94. The number of nitrogens with one attached hydrogen (secondary N) is 1. The molecule has 8 heteroatoms. The lowest BCUT2D eigenvalue weighted by molar-refractivity contribution is -0.121. The Labute approximate surface area is 185 Å². The maximum absolute atomic E-state index is 13.0. The molecule has 0 unspecified atom stereocenters. The van der Waals surface area contributed by atoms with E-state index in [0.717, 1.165) is 11.4 Å². The number of carbonyl (C=O) groups excluding carboxylic acids is 2. The molecule has 1 aromatic heterocycles. The van der Waals surface area contributed by atoms with Crippen LogP contribution in [0.5, 0.6) is 11.5 Å². The highest BCUT2D eigenvalue weighted by Crippen LogP contribution is 2.34. The normalized spacial score (nSPS) is 15.6. The molecule has 0 spiro atoms. The predicted octanol–water partition coefficient (Wildman–Crippen LogP) is 3.40. The van der Waals surface area contributed by atoms with Gasteiger partial charge in [0.05, 0.1) is 5.69 Å². The number of anilines is 1. The minimum Gasteiger partial charge on any atom is -0.454 e. The zero-order chi connectivity index (χ0) is 22.1. The molecule has 164 valence electrons. The van der Waals surface area contributed by atoms with E-state index in [0.29, 0.717) is 48.8 Å². The van der Waals surface area contributed by atoms with Crippen LogP contribution in [-0.2, 0) is 4.79 Å². The van der Waals surface area contributed by atoms with Crippen LogP contribution in [0.25, 0.3) is 5.69 Å². The fraction of sp³-hybridized carbons (Fsp3) is 0.292. The molecule has 3 aromatic rings. The predicted molar refractivity (Wildman–Crippen MR) is 118 cm³/mol. The van der Waals surface area contributed by atoms with Crippen molar-refractivity contribution in [2.24, 2.45) is 5.92 Å². The number of benzene rings is 2. The van der Waals surface area contributed by atoms with Gasteiger partial charge in [0.2, 0.25) is 12.7 Å². The van der Waals surface area contributed by atoms with Crippen molar-refractivity contribution in [3.63, 3.8) is 0 Å². The lowest BCUT2D eigenvalue weighted by atomic mass is 9.95. The Morgan fingerprint density at radius 1 is 1.00 bits per heavy atom. The molecule has 2 amide bonds. The highest BCUT2D eigenvalue weighted by Gasteiger charge is 2.29. The SMILES string of the molecule is Cc1cc(C(=O)N2CCC(C(=O)Nc3ccc4c(c3)OCO4)CC2)nn1-c1ccccc1. The van der Waals surface area contributed by atoms with Crippen LogP contribution in [0.4, 0.5) is 5.69 Å². The molecule has 32 heavy (non-hydrogen) atoms. The number of fused-ring (bicyclic) bond motifs is 1. The van der Waals surface area contributed by atoms with Crippen molar-refractivity contribution in [3.8, 4) is 17.2 Å². The van der Waals surface area contributed by atoms with Crippen LogP contribution in [0.2, 0.25) is 0 Å². The molecule has 0 aliphatic carbocycles. The van der Waals surface area contributed by atoms with E-state index in [-0.39, 0.29) is 24.5 Å². The molecule has 1 fully saturated rings. The van der Waals surface area contributed by atoms with Crippen molar-refractivity contribution in [2.75, 3.05) is 25.2 Å². The largest absolute Gasteiger partial charge is 0.454 e. The van der Waals surface area contributed by atoms with E-state index in [9.17, 15) is 9.59 Å². The molecule has 2 aliphatic rings. The number of piperidine rings is 1. The van der Waals surface area contributed by atoms with Gasteiger partial charge in [-0.05, 0) is 50.1 Å². The van der Waals surface area contributed by atoms with E-state index in [1.807, 2.05) is 43.3 Å². The molecule has 0 saturated carbocycles. The maximum Gasteiger partial charge on any atom is 0.274 e. The Morgan fingerprint density at radius 2 is 1.75 bits per heavy atom. The second kappa shape index (κ2) is 8.37. The summed E-state index contributed by atoms with van der Waals surface area (Å²) in [6.07, 6.45) is 1.22. The number of para-hydroxylation sites is 1. The van der Waals surface area contributed by atoms with Gasteiger partial charge in [-0.1, -0.05) is 18.2 Å². The van der Waals surface area contributed by atoms with Crippen LogP contribution in [0.1, 0.15) is 29.0 Å². The van der Waals surface area contributed by atoms with Gasteiger partial charge in [0, 0.05) is 36.5 Å². The molecular formula is C24H24N4O4. The van der Waals surface area contributed by atoms with Gasteiger partial charge < -0.3 is 19.7 Å². The van der Waals surface area contributed by atoms with Gasteiger partial charge in [-0.25, -0.2) is 4.68 Å². The Bertz CT molecular complexity index is 1150. The van der Waals surface area contributed by atoms with Crippen molar-refractivity contribution in [1.82, 2.24) is 14.7 Å². The molecule has 2 aromatic carbocycles. The molecule has 2 aliphatic heterocycles. The number of hydrogen-bond acceptors (Lipinski definition) is 5. The Kier molecular flexibility index (Phi) is 5.26. The molecule has 0 radical (unpaired) electrons. The number of likely N-dealkylation sites (tertiary alicyclic amines) is 1. The molecule has 5 rings (SSSR count). The summed E-state index contributed by atoms with van der Waals surface area (Å²) in [5.41, 5.74) is 2.93. The minimum atomic E-state index is -0.145. The average molecular weight is 432 g/mol. The molecule has 3 heterocycles. The first-order chi connectivity index (χ1) is 15.6. The first-order valence-corrected chi connectivity index (χ1v) is 10.7. The molecule has 0 bridgehead atoms. The van der Waals surface area contributed by atoms with Gasteiger partial charge in [0.1, 0.15) is 0 Å². The summed E-state index contributed by atoms with van der Waals surface area (Å²) in [6, 6.07) is 16.9.